The van der Waals surface area contributed by atoms with Gasteiger partial charge in [0.25, 0.3) is 0 Å². The summed E-state index contributed by atoms with van der Waals surface area (Å²) < 4.78 is 5.08. The Hall–Kier alpha value is -2.41. The fourth-order valence-electron chi connectivity index (χ4n) is 3.40. The van der Waals surface area contributed by atoms with E-state index in [0.717, 1.165) is 0 Å². The average molecular weight is 376 g/mol. The molecule has 1 saturated heterocycles. The van der Waals surface area contributed by atoms with Gasteiger partial charge in [-0.05, 0) is 17.9 Å². The lowest BCUT2D eigenvalue weighted by Crippen LogP contribution is -2.45. The van der Waals surface area contributed by atoms with Crippen molar-refractivity contribution in [1.82, 2.24) is 10.2 Å². The summed E-state index contributed by atoms with van der Waals surface area (Å²) in [4.78, 5) is 38.7. The van der Waals surface area contributed by atoms with Gasteiger partial charge in [-0.2, -0.15) is 0 Å². The Bertz CT molecular complexity index is 676. The van der Waals surface area contributed by atoms with Crippen LogP contribution in [0.2, 0.25) is 0 Å². The minimum Gasteiger partial charge on any atom is -0.481 e. The number of amides is 2. The summed E-state index contributed by atoms with van der Waals surface area (Å²) in [5.74, 6) is -1.30. The first-order chi connectivity index (χ1) is 12.8. The molecule has 0 bridgehead atoms. The topological polar surface area (TPSA) is 95.9 Å². The van der Waals surface area contributed by atoms with Crippen molar-refractivity contribution in [2.75, 3.05) is 26.8 Å². The van der Waals surface area contributed by atoms with Crippen molar-refractivity contribution in [3.8, 4) is 0 Å². The Morgan fingerprint density at radius 1 is 1.26 bits per heavy atom. The molecule has 148 valence electrons. The Morgan fingerprint density at radius 3 is 2.48 bits per heavy atom. The monoisotopic (exact) mass is 376 g/mol. The van der Waals surface area contributed by atoms with Crippen LogP contribution in [0.25, 0.3) is 0 Å². The number of carbonyl (C=O) groups excluding carboxylic acids is 2. The maximum atomic E-state index is 13.2. The Morgan fingerprint density at radius 2 is 1.93 bits per heavy atom. The summed E-state index contributed by atoms with van der Waals surface area (Å²) in [7, 11) is 1.45. The van der Waals surface area contributed by atoms with Crippen LogP contribution in [-0.2, 0) is 19.1 Å². The smallest absolute Gasteiger partial charge is 0.313 e. The van der Waals surface area contributed by atoms with Crippen molar-refractivity contribution in [2.24, 2.45) is 11.3 Å². The number of hydrogen-bond donors (Lipinski definition) is 2. The third-order valence-electron chi connectivity index (χ3n) is 4.82. The molecule has 27 heavy (non-hydrogen) atoms. The second kappa shape index (κ2) is 8.99. The van der Waals surface area contributed by atoms with Gasteiger partial charge in [-0.3, -0.25) is 14.4 Å². The predicted molar refractivity (Wildman–Crippen MR) is 99.9 cm³/mol. The third kappa shape index (κ3) is 5.07. The molecule has 0 radical (unpaired) electrons. The molecule has 0 saturated carbocycles. The zero-order chi connectivity index (χ0) is 20.0. The number of ether oxygens (including phenoxy) is 1. The van der Waals surface area contributed by atoms with Gasteiger partial charge >= 0.3 is 5.97 Å². The normalized spacial score (nSPS) is 20.5. The molecule has 7 heteroatoms. The first-order valence-corrected chi connectivity index (χ1v) is 9.14. The third-order valence-corrected chi connectivity index (χ3v) is 4.82. The Balaban J connectivity index is 2.21. The van der Waals surface area contributed by atoms with E-state index in [2.05, 4.69) is 5.32 Å². The summed E-state index contributed by atoms with van der Waals surface area (Å²) in [6.07, 6.45) is 0.642. The Kier molecular flexibility index (Phi) is 6.96. The fraction of sp³-hybridized carbons (Fsp3) is 0.550. The number of carbonyl (C=O) groups is 3. The van der Waals surface area contributed by atoms with Crippen LogP contribution in [0.5, 0.6) is 0 Å². The molecular weight excluding hydrogens is 348 g/mol. The van der Waals surface area contributed by atoms with Gasteiger partial charge in [-0.25, -0.2) is 0 Å². The van der Waals surface area contributed by atoms with Crippen LogP contribution in [0.1, 0.15) is 38.3 Å². The number of benzene rings is 1. The lowest BCUT2D eigenvalue weighted by atomic mass is 9.88. The molecular formula is C20H28N2O5. The minimum absolute atomic E-state index is 0.0435. The number of carboxylic acids is 1. The highest BCUT2D eigenvalue weighted by atomic mass is 16.5. The van der Waals surface area contributed by atoms with Gasteiger partial charge in [0.2, 0.25) is 11.8 Å². The van der Waals surface area contributed by atoms with Crippen molar-refractivity contribution in [3.05, 3.63) is 35.9 Å². The molecule has 2 rings (SSSR count). The maximum absolute atomic E-state index is 13.2. The second-order valence-corrected chi connectivity index (χ2v) is 7.54. The van der Waals surface area contributed by atoms with Crippen LogP contribution in [0.3, 0.4) is 0 Å². The van der Waals surface area contributed by atoms with Crippen LogP contribution >= 0.6 is 0 Å². The van der Waals surface area contributed by atoms with Gasteiger partial charge in [0, 0.05) is 26.6 Å². The molecule has 1 aliphatic heterocycles. The van der Waals surface area contributed by atoms with Crippen molar-refractivity contribution >= 4 is 17.8 Å². The van der Waals surface area contributed by atoms with Crippen molar-refractivity contribution in [2.45, 2.75) is 32.7 Å². The number of hydrogen-bond acceptors (Lipinski definition) is 4. The van der Waals surface area contributed by atoms with E-state index < -0.39 is 17.4 Å². The van der Waals surface area contributed by atoms with E-state index >= 15 is 0 Å². The van der Waals surface area contributed by atoms with E-state index in [0.29, 0.717) is 24.9 Å². The molecule has 2 atom stereocenters. The second-order valence-electron chi connectivity index (χ2n) is 7.54. The van der Waals surface area contributed by atoms with Gasteiger partial charge in [0.15, 0.2) is 0 Å². The first-order valence-electron chi connectivity index (χ1n) is 9.14. The van der Waals surface area contributed by atoms with Gasteiger partial charge in [0.1, 0.15) is 11.5 Å². The summed E-state index contributed by atoms with van der Waals surface area (Å²) in [6.45, 7) is 4.30. The molecule has 1 aromatic rings. The number of rotatable bonds is 8. The molecule has 1 aromatic carbocycles. The van der Waals surface area contributed by atoms with Gasteiger partial charge < -0.3 is 20.1 Å². The van der Waals surface area contributed by atoms with E-state index in [-0.39, 0.29) is 30.9 Å². The summed E-state index contributed by atoms with van der Waals surface area (Å²) in [5, 5.41) is 12.4. The van der Waals surface area contributed by atoms with Crippen LogP contribution < -0.4 is 5.32 Å². The molecule has 7 nitrogen and oxygen atoms in total. The standard InChI is InChI=1S/C20H28N2O5/c1-14(2)11-16(23)21-17(15-7-5-4-6-8-15)18(24)22-10-9-20(12-22,13-27-3)19(25)26/h4-8,14,17H,9-13H2,1-3H3,(H,21,23)(H,25,26). The zero-order valence-electron chi connectivity index (χ0n) is 16.1. The molecule has 0 aliphatic carbocycles. The van der Waals surface area contributed by atoms with Crippen molar-refractivity contribution in [3.63, 3.8) is 0 Å². The molecule has 1 aliphatic rings. The SMILES string of the molecule is COCC1(C(=O)O)CCN(C(=O)C(NC(=O)CC(C)C)c2ccccc2)C1. The van der Waals surface area contributed by atoms with E-state index in [4.69, 9.17) is 4.74 Å². The Labute approximate surface area is 159 Å². The highest BCUT2D eigenvalue weighted by Crippen LogP contribution is 2.33. The largest absolute Gasteiger partial charge is 0.481 e. The number of nitrogens with one attached hydrogen (secondary N) is 1. The molecule has 0 spiro atoms. The van der Waals surface area contributed by atoms with Gasteiger partial charge in [-0.15, -0.1) is 0 Å². The highest BCUT2D eigenvalue weighted by Gasteiger charge is 2.47. The van der Waals surface area contributed by atoms with Crippen molar-refractivity contribution in [1.29, 1.82) is 0 Å². The van der Waals surface area contributed by atoms with E-state index in [9.17, 15) is 19.5 Å². The minimum atomic E-state index is -1.10. The quantitative estimate of drug-likeness (QED) is 0.722. The molecule has 2 amide bonds. The number of nitrogens with zero attached hydrogens (tertiary/aromatic N) is 1. The molecule has 1 fully saturated rings. The number of methoxy groups -OCH3 is 1. The molecule has 1 heterocycles. The zero-order valence-corrected chi connectivity index (χ0v) is 16.1. The number of likely N-dealkylation sites (tertiary alicyclic amines) is 1. The lowest BCUT2D eigenvalue weighted by Gasteiger charge is -2.27. The summed E-state index contributed by atoms with van der Waals surface area (Å²) in [5.41, 5.74) is -0.424. The van der Waals surface area contributed by atoms with Crippen LogP contribution in [-0.4, -0.2) is 54.6 Å². The summed E-state index contributed by atoms with van der Waals surface area (Å²) in [6, 6.07) is 8.19. The van der Waals surface area contributed by atoms with E-state index in [1.165, 1.54) is 12.0 Å². The molecule has 2 unspecified atom stereocenters. The molecule has 2 N–H and O–H groups in total. The van der Waals surface area contributed by atoms with Gasteiger partial charge in [0.05, 0.1) is 6.61 Å². The number of aliphatic carboxylic acids is 1. The van der Waals surface area contributed by atoms with Crippen LogP contribution in [0, 0.1) is 11.3 Å². The highest BCUT2D eigenvalue weighted by molar-refractivity contribution is 5.89. The number of carboxylic acid groups (broad SMARTS) is 1. The summed E-state index contributed by atoms with van der Waals surface area (Å²) >= 11 is 0. The van der Waals surface area contributed by atoms with Crippen molar-refractivity contribution < 1.29 is 24.2 Å². The van der Waals surface area contributed by atoms with E-state index in [1.807, 2.05) is 19.9 Å². The fourth-order valence-corrected chi connectivity index (χ4v) is 3.40. The van der Waals surface area contributed by atoms with E-state index in [1.54, 1.807) is 24.3 Å². The first kappa shape index (κ1) is 20.9. The maximum Gasteiger partial charge on any atom is 0.313 e. The molecule has 0 aromatic heterocycles. The van der Waals surface area contributed by atoms with Crippen LogP contribution in [0.4, 0.5) is 0 Å². The predicted octanol–water partition coefficient (Wildman–Crippen LogP) is 1.84. The lowest BCUT2D eigenvalue weighted by molar-refractivity contribution is -0.152. The average Bonchev–Trinajstić information content (AvgIpc) is 3.05. The van der Waals surface area contributed by atoms with Gasteiger partial charge in [-0.1, -0.05) is 44.2 Å². The van der Waals surface area contributed by atoms with Crippen LogP contribution in [0.15, 0.2) is 30.3 Å².